The summed E-state index contributed by atoms with van der Waals surface area (Å²) in [5, 5.41) is 9.56. The van der Waals surface area contributed by atoms with Crippen molar-refractivity contribution in [2.45, 2.75) is 0 Å². The molecule has 2 rings (SSSR count). The van der Waals surface area contributed by atoms with Crippen LogP contribution in [0.1, 0.15) is 5.56 Å². The quantitative estimate of drug-likeness (QED) is 0.485. The van der Waals surface area contributed by atoms with Gasteiger partial charge in [-0.25, -0.2) is 0 Å². The molecule has 0 aliphatic rings. The molecule has 92 valence electrons. The molecule has 4 N–H and O–H groups in total. The smallest absolute Gasteiger partial charge is 0.211 e. The molecule has 0 heterocycles. The first-order valence-corrected chi connectivity index (χ1v) is 5.40. The van der Waals surface area contributed by atoms with E-state index in [1.54, 1.807) is 13.3 Å². The molecule has 18 heavy (non-hydrogen) atoms. The third kappa shape index (κ3) is 2.40. The fourth-order valence-corrected chi connectivity index (χ4v) is 1.74. The van der Waals surface area contributed by atoms with Crippen molar-refractivity contribution in [1.29, 1.82) is 0 Å². The second-order valence-electron chi connectivity index (χ2n) is 3.67. The van der Waals surface area contributed by atoms with Gasteiger partial charge in [-0.15, -0.1) is 5.10 Å². The molecule has 0 saturated carbocycles. The van der Waals surface area contributed by atoms with Crippen molar-refractivity contribution in [3.8, 4) is 5.75 Å². The minimum atomic E-state index is -0.0783. The average molecular weight is 242 g/mol. The summed E-state index contributed by atoms with van der Waals surface area (Å²) in [5.41, 5.74) is 11.3. The van der Waals surface area contributed by atoms with Gasteiger partial charge < -0.3 is 16.2 Å². The molecule has 0 unspecified atom stereocenters. The van der Waals surface area contributed by atoms with Gasteiger partial charge in [-0.05, 0) is 16.8 Å². The summed E-state index contributed by atoms with van der Waals surface area (Å²) in [6.45, 7) is 0. The standard InChI is InChI=1S/C13H14N4O/c1-18-12-7-6-9-4-2-3-5-10(9)11(12)8-16-17-13(14)15/h2-8H,1H3,(H4,14,15,17)/b16-8-. The Hall–Kier alpha value is -2.56. The van der Waals surface area contributed by atoms with Gasteiger partial charge in [0.2, 0.25) is 5.96 Å². The molecule has 0 aliphatic carbocycles. The summed E-state index contributed by atoms with van der Waals surface area (Å²) in [7, 11) is 1.61. The molecule has 5 nitrogen and oxygen atoms in total. The molecule has 0 aromatic heterocycles. The van der Waals surface area contributed by atoms with Gasteiger partial charge in [0.15, 0.2) is 0 Å². The number of rotatable bonds is 3. The van der Waals surface area contributed by atoms with Crippen molar-refractivity contribution in [1.82, 2.24) is 0 Å². The van der Waals surface area contributed by atoms with E-state index in [1.807, 2.05) is 36.4 Å². The molecule has 0 aliphatic heterocycles. The van der Waals surface area contributed by atoms with Gasteiger partial charge in [0.1, 0.15) is 5.75 Å². The first kappa shape index (κ1) is 11.9. The molecule has 0 spiro atoms. The zero-order valence-electron chi connectivity index (χ0n) is 10.00. The second kappa shape index (κ2) is 5.18. The Labute approximate surface area is 105 Å². The van der Waals surface area contributed by atoms with E-state index in [0.29, 0.717) is 0 Å². The Bertz CT molecular complexity index is 615. The van der Waals surface area contributed by atoms with Crippen molar-refractivity contribution in [2.24, 2.45) is 21.7 Å². The lowest BCUT2D eigenvalue weighted by molar-refractivity contribution is 0.415. The molecule has 0 atom stereocenters. The van der Waals surface area contributed by atoms with Crippen molar-refractivity contribution < 1.29 is 4.74 Å². The van der Waals surface area contributed by atoms with Crippen LogP contribution in [0.5, 0.6) is 5.75 Å². The molecular formula is C13H14N4O. The van der Waals surface area contributed by atoms with Crippen LogP contribution < -0.4 is 16.2 Å². The Morgan fingerprint density at radius 1 is 1.17 bits per heavy atom. The molecule has 0 radical (unpaired) electrons. The maximum absolute atomic E-state index is 5.31. The van der Waals surface area contributed by atoms with E-state index >= 15 is 0 Å². The predicted molar refractivity (Wildman–Crippen MR) is 73.9 cm³/mol. The fourth-order valence-electron chi connectivity index (χ4n) is 1.74. The van der Waals surface area contributed by atoms with E-state index < -0.39 is 0 Å². The Kier molecular flexibility index (Phi) is 3.43. The van der Waals surface area contributed by atoms with Crippen molar-refractivity contribution >= 4 is 22.9 Å². The summed E-state index contributed by atoms with van der Waals surface area (Å²) in [5.74, 6) is 0.647. The summed E-state index contributed by atoms with van der Waals surface area (Å²) in [4.78, 5) is 0. The van der Waals surface area contributed by atoms with E-state index in [4.69, 9.17) is 16.2 Å². The molecular weight excluding hydrogens is 228 g/mol. The van der Waals surface area contributed by atoms with Gasteiger partial charge >= 0.3 is 0 Å². The SMILES string of the molecule is COc1ccc2ccccc2c1/C=N\N=C(N)N. The molecule has 2 aromatic carbocycles. The van der Waals surface area contributed by atoms with Gasteiger partial charge in [0, 0.05) is 5.56 Å². The van der Waals surface area contributed by atoms with Crippen molar-refractivity contribution in [3.05, 3.63) is 42.0 Å². The van der Waals surface area contributed by atoms with Crippen LogP contribution in [0.3, 0.4) is 0 Å². The largest absolute Gasteiger partial charge is 0.496 e. The maximum Gasteiger partial charge on any atom is 0.211 e. The third-order valence-electron chi connectivity index (χ3n) is 2.51. The fraction of sp³-hybridized carbons (Fsp3) is 0.0769. The number of guanidine groups is 1. The number of methoxy groups -OCH3 is 1. The van der Waals surface area contributed by atoms with E-state index in [2.05, 4.69) is 10.2 Å². The minimum Gasteiger partial charge on any atom is -0.496 e. The van der Waals surface area contributed by atoms with Gasteiger partial charge in [-0.3, -0.25) is 0 Å². The van der Waals surface area contributed by atoms with Crippen LogP contribution in [0.4, 0.5) is 0 Å². The molecule has 0 bridgehead atoms. The minimum absolute atomic E-state index is 0.0783. The predicted octanol–water partition coefficient (Wildman–Crippen LogP) is 1.46. The van der Waals surface area contributed by atoms with E-state index in [9.17, 15) is 0 Å². The van der Waals surface area contributed by atoms with Crippen LogP contribution in [0, 0.1) is 0 Å². The number of benzene rings is 2. The lowest BCUT2D eigenvalue weighted by atomic mass is 10.0. The molecule has 5 heteroatoms. The third-order valence-corrected chi connectivity index (χ3v) is 2.51. The number of nitrogens with two attached hydrogens (primary N) is 2. The van der Waals surface area contributed by atoms with Crippen LogP contribution in [0.2, 0.25) is 0 Å². The van der Waals surface area contributed by atoms with Gasteiger partial charge in [-0.2, -0.15) is 5.10 Å². The summed E-state index contributed by atoms with van der Waals surface area (Å²) >= 11 is 0. The normalized spacial score (nSPS) is 10.7. The lowest BCUT2D eigenvalue weighted by Gasteiger charge is -2.07. The number of nitrogens with zero attached hydrogens (tertiary/aromatic N) is 2. The maximum atomic E-state index is 5.31. The molecule has 0 amide bonds. The highest BCUT2D eigenvalue weighted by molar-refractivity contribution is 6.02. The second-order valence-corrected chi connectivity index (χ2v) is 3.67. The van der Waals surface area contributed by atoms with E-state index in [-0.39, 0.29) is 5.96 Å². The highest BCUT2D eigenvalue weighted by atomic mass is 16.5. The van der Waals surface area contributed by atoms with E-state index in [1.165, 1.54) is 0 Å². The van der Waals surface area contributed by atoms with Crippen molar-refractivity contribution in [2.75, 3.05) is 7.11 Å². The Morgan fingerprint density at radius 3 is 2.67 bits per heavy atom. The number of ether oxygens (including phenoxy) is 1. The van der Waals surface area contributed by atoms with Crippen LogP contribution in [-0.4, -0.2) is 19.3 Å². The first-order chi connectivity index (χ1) is 8.72. The van der Waals surface area contributed by atoms with Crippen LogP contribution >= 0.6 is 0 Å². The molecule has 0 fully saturated rings. The first-order valence-electron chi connectivity index (χ1n) is 5.40. The number of fused-ring (bicyclic) bond motifs is 1. The van der Waals surface area contributed by atoms with Crippen LogP contribution in [0.15, 0.2) is 46.6 Å². The van der Waals surface area contributed by atoms with Gasteiger partial charge in [-0.1, -0.05) is 30.3 Å². The van der Waals surface area contributed by atoms with Crippen molar-refractivity contribution in [3.63, 3.8) is 0 Å². The highest BCUT2D eigenvalue weighted by Gasteiger charge is 2.05. The average Bonchev–Trinajstić information content (AvgIpc) is 2.38. The summed E-state index contributed by atoms with van der Waals surface area (Å²) in [6, 6.07) is 11.8. The summed E-state index contributed by atoms with van der Waals surface area (Å²) in [6.07, 6.45) is 1.58. The summed E-state index contributed by atoms with van der Waals surface area (Å²) < 4.78 is 5.31. The zero-order chi connectivity index (χ0) is 13.0. The number of hydrogen-bond donors (Lipinski definition) is 2. The Morgan fingerprint density at radius 2 is 1.94 bits per heavy atom. The van der Waals surface area contributed by atoms with Crippen LogP contribution in [-0.2, 0) is 0 Å². The highest BCUT2D eigenvalue weighted by Crippen LogP contribution is 2.26. The lowest BCUT2D eigenvalue weighted by Crippen LogP contribution is -2.21. The van der Waals surface area contributed by atoms with E-state index in [0.717, 1.165) is 22.1 Å². The molecule has 0 saturated heterocycles. The van der Waals surface area contributed by atoms with Crippen LogP contribution in [0.25, 0.3) is 10.8 Å². The topological polar surface area (TPSA) is 86.0 Å². The zero-order valence-corrected chi connectivity index (χ0v) is 10.00. The Balaban J connectivity index is 2.58. The molecule has 2 aromatic rings. The van der Waals surface area contributed by atoms with Gasteiger partial charge in [0.25, 0.3) is 0 Å². The van der Waals surface area contributed by atoms with Gasteiger partial charge in [0.05, 0.1) is 13.3 Å². The monoisotopic (exact) mass is 242 g/mol. The number of hydrogen-bond acceptors (Lipinski definition) is 3.